The second kappa shape index (κ2) is 9.17. The van der Waals surface area contributed by atoms with E-state index >= 15 is 0 Å². The number of hydrogen-bond donors (Lipinski definition) is 2. The van der Waals surface area contributed by atoms with Gasteiger partial charge in [0, 0.05) is 25.9 Å². The maximum atomic E-state index is 11.2. The summed E-state index contributed by atoms with van der Waals surface area (Å²) in [5, 5.41) is 6.58. The zero-order valence-corrected chi connectivity index (χ0v) is 16.8. The maximum Gasteiger partial charge on any atom is 0.191 e. The molecule has 1 fully saturated rings. The van der Waals surface area contributed by atoms with Crippen LogP contribution < -0.4 is 10.6 Å². The molecule has 1 saturated carbocycles. The molecule has 1 rings (SSSR count). The zero-order chi connectivity index (χ0) is 15.2. The molecule has 0 radical (unpaired) electrons. The van der Waals surface area contributed by atoms with E-state index in [0.717, 1.165) is 25.0 Å². The molecule has 0 aromatic rings. The van der Waals surface area contributed by atoms with Crippen molar-refractivity contribution in [2.75, 3.05) is 31.6 Å². The molecule has 0 heterocycles. The normalized spacial score (nSPS) is 16.3. The van der Waals surface area contributed by atoms with E-state index in [2.05, 4.69) is 29.5 Å². The van der Waals surface area contributed by atoms with Crippen LogP contribution in [0.2, 0.25) is 0 Å². The van der Waals surface area contributed by atoms with Crippen molar-refractivity contribution in [3.05, 3.63) is 0 Å². The largest absolute Gasteiger partial charge is 0.357 e. The molecule has 1 aliphatic rings. The number of sulfone groups is 1. The Bertz CT molecular complexity index is 432. The summed E-state index contributed by atoms with van der Waals surface area (Å²) in [6.45, 7) is 8.61. The maximum absolute atomic E-state index is 11.2. The van der Waals surface area contributed by atoms with Crippen LogP contribution in [0.4, 0.5) is 0 Å². The van der Waals surface area contributed by atoms with Gasteiger partial charge in [-0.25, -0.2) is 8.42 Å². The van der Waals surface area contributed by atoms with Gasteiger partial charge in [0.2, 0.25) is 0 Å². The third-order valence-corrected chi connectivity index (χ3v) is 4.36. The van der Waals surface area contributed by atoms with Crippen LogP contribution in [-0.2, 0) is 9.84 Å². The minimum Gasteiger partial charge on any atom is -0.357 e. The number of nitrogens with zero attached hydrogens (tertiary/aromatic N) is 1. The Morgan fingerprint density at radius 3 is 2.38 bits per heavy atom. The average molecular weight is 431 g/mol. The van der Waals surface area contributed by atoms with E-state index in [-0.39, 0.29) is 35.1 Å². The summed E-state index contributed by atoms with van der Waals surface area (Å²) in [6, 6.07) is 0. The molecular weight excluding hydrogens is 401 g/mol. The van der Waals surface area contributed by atoms with Crippen molar-refractivity contribution < 1.29 is 8.42 Å². The molecule has 7 heteroatoms. The predicted molar refractivity (Wildman–Crippen MR) is 100 cm³/mol. The van der Waals surface area contributed by atoms with E-state index in [1.54, 1.807) is 0 Å². The van der Waals surface area contributed by atoms with E-state index < -0.39 is 9.84 Å². The number of halogens is 1. The van der Waals surface area contributed by atoms with Crippen LogP contribution in [-0.4, -0.2) is 46.0 Å². The van der Waals surface area contributed by atoms with Crippen LogP contribution in [0.3, 0.4) is 0 Å². The van der Waals surface area contributed by atoms with Gasteiger partial charge in [-0.2, -0.15) is 0 Å². The second-order valence-corrected chi connectivity index (χ2v) is 8.82. The van der Waals surface area contributed by atoms with Gasteiger partial charge < -0.3 is 10.6 Å². The number of aliphatic imine (C=N–C) groups is 1. The minimum atomic E-state index is -2.90. The summed E-state index contributed by atoms with van der Waals surface area (Å²) in [7, 11) is -2.90. The lowest BCUT2D eigenvalue weighted by atomic mass is 9.90. The Kier molecular flexibility index (Phi) is 9.15. The lowest BCUT2D eigenvalue weighted by Crippen LogP contribution is -2.39. The van der Waals surface area contributed by atoms with Gasteiger partial charge in [-0.1, -0.05) is 13.8 Å². The van der Waals surface area contributed by atoms with Gasteiger partial charge in [0.05, 0.1) is 5.75 Å². The lowest BCUT2D eigenvalue weighted by molar-refractivity contribution is 0.365. The van der Waals surface area contributed by atoms with Crippen LogP contribution in [0.5, 0.6) is 0 Å². The minimum absolute atomic E-state index is 0. The molecule has 5 nitrogen and oxygen atoms in total. The molecule has 0 saturated heterocycles. The number of hydrogen-bond acceptors (Lipinski definition) is 3. The van der Waals surface area contributed by atoms with Gasteiger partial charge in [-0.05, 0) is 37.5 Å². The molecule has 21 heavy (non-hydrogen) atoms. The first-order valence-corrected chi connectivity index (χ1v) is 9.48. The van der Waals surface area contributed by atoms with Crippen molar-refractivity contribution in [2.45, 2.75) is 40.0 Å². The van der Waals surface area contributed by atoms with Crippen molar-refractivity contribution in [1.82, 2.24) is 10.6 Å². The molecule has 126 valence electrons. The van der Waals surface area contributed by atoms with E-state index in [9.17, 15) is 8.42 Å². The first kappa shape index (κ1) is 20.9. The van der Waals surface area contributed by atoms with E-state index in [4.69, 9.17) is 0 Å². The highest BCUT2D eigenvalue weighted by Crippen LogP contribution is 2.27. The van der Waals surface area contributed by atoms with Gasteiger partial charge in [-0.3, -0.25) is 4.99 Å². The Balaban J connectivity index is 0.00000400. The molecule has 1 aliphatic carbocycles. The van der Waals surface area contributed by atoms with Crippen LogP contribution >= 0.6 is 24.0 Å². The summed E-state index contributed by atoms with van der Waals surface area (Å²) in [5.74, 6) is 1.87. The van der Waals surface area contributed by atoms with Gasteiger partial charge in [-0.15, -0.1) is 24.0 Å². The van der Waals surface area contributed by atoms with E-state index in [0.29, 0.717) is 13.0 Å². The number of guanidine groups is 1. The van der Waals surface area contributed by atoms with Crippen molar-refractivity contribution >= 4 is 39.8 Å². The van der Waals surface area contributed by atoms with E-state index in [1.807, 2.05) is 6.92 Å². The zero-order valence-electron chi connectivity index (χ0n) is 13.6. The van der Waals surface area contributed by atoms with Crippen LogP contribution in [0.25, 0.3) is 0 Å². The molecule has 0 aromatic heterocycles. The Morgan fingerprint density at radius 2 is 1.90 bits per heavy atom. The summed E-state index contributed by atoms with van der Waals surface area (Å²) in [6.07, 6.45) is 4.55. The summed E-state index contributed by atoms with van der Waals surface area (Å²) in [5.41, 5.74) is -0.106. The summed E-state index contributed by atoms with van der Waals surface area (Å²) >= 11 is 0. The van der Waals surface area contributed by atoms with Gasteiger partial charge in [0.1, 0.15) is 9.84 Å². The number of rotatable bonds is 8. The smallest absolute Gasteiger partial charge is 0.191 e. The Labute approximate surface area is 146 Å². The molecule has 0 bridgehead atoms. The molecule has 2 N–H and O–H groups in total. The molecule has 0 spiro atoms. The fourth-order valence-electron chi connectivity index (χ4n) is 1.74. The first-order chi connectivity index (χ1) is 9.22. The average Bonchev–Trinajstić information content (AvgIpc) is 3.14. The molecule has 0 aromatic carbocycles. The SMILES string of the molecule is CCNC(=NCC(C)(C)CCS(C)(=O)=O)NCC1CC1.I. The van der Waals surface area contributed by atoms with Crippen LogP contribution in [0.15, 0.2) is 4.99 Å². The standard InChI is InChI=1S/C14H29N3O2S.HI/c1-5-15-13(16-10-12-6-7-12)17-11-14(2,3)8-9-20(4,18)19;/h12H,5-11H2,1-4H3,(H2,15,16,17);1H. The van der Waals surface area contributed by atoms with Crippen LogP contribution in [0, 0.1) is 11.3 Å². The van der Waals surface area contributed by atoms with Crippen molar-refractivity contribution in [3.63, 3.8) is 0 Å². The molecular formula is C14H30IN3O2S. The second-order valence-electron chi connectivity index (χ2n) is 6.56. The molecule has 0 atom stereocenters. The van der Waals surface area contributed by atoms with E-state index in [1.165, 1.54) is 19.1 Å². The molecule has 0 amide bonds. The quantitative estimate of drug-likeness (QED) is 0.351. The van der Waals surface area contributed by atoms with Crippen molar-refractivity contribution in [1.29, 1.82) is 0 Å². The van der Waals surface area contributed by atoms with Crippen molar-refractivity contribution in [3.8, 4) is 0 Å². The summed E-state index contributed by atoms with van der Waals surface area (Å²) < 4.78 is 22.5. The van der Waals surface area contributed by atoms with Gasteiger partial charge in [0.15, 0.2) is 5.96 Å². The fourth-order valence-corrected chi connectivity index (χ4v) is 2.66. The molecule has 0 aliphatic heterocycles. The third-order valence-electron chi connectivity index (χ3n) is 3.41. The molecule has 0 unspecified atom stereocenters. The highest BCUT2D eigenvalue weighted by Gasteiger charge is 2.22. The highest BCUT2D eigenvalue weighted by molar-refractivity contribution is 14.0. The monoisotopic (exact) mass is 431 g/mol. The highest BCUT2D eigenvalue weighted by atomic mass is 127. The third kappa shape index (κ3) is 11.2. The number of nitrogens with one attached hydrogen (secondary N) is 2. The van der Waals surface area contributed by atoms with Gasteiger partial charge >= 0.3 is 0 Å². The summed E-state index contributed by atoms with van der Waals surface area (Å²) in [4.78, 5) is 4.59. The van der Waals surface area contributed by atoms with Crippen LogP contribution in [0.1, 0.15) is 40.0 Å². The lowest BCUT2D eigenvalue weighted by Gasteiger charge is -2.22. The predicted octanol–water partition coefficient (Wildman–Crippen LogP) is 2.03. The van der Waals surface area contributed by atoms with Gasteiger partial charge in [0.25, 0.3) is 0 Å². The Hall–Kier alpha value is -0.0500. The Morgan fingerprint density at radius 1 is 1.29 bits per heavy atom. The topological polar surface area (TPSA) is 70.6 Å². The van der Waals surface area contributed by atoms with Crippen molar-refractivity contribution in [2.24, 2.45) is 16.3 Å². The first-order valence-electron chi connectivity index (χ1n) is 7.42. The fraction of sp³-hybridized carbons (Fsp3) is 0.929.